The van der Waals surface area contributed by atoms with Gasteiger partial charge in [-0.2, -0.15) is 0 Å². The molecule has 1 unspecified atom stereocenters. The number of amides is 4. The Labute approximate surface area is 161 Å². The number of fused-ring (bicyclic) bond motifs is 1. The molecule has 0 bridgehead atoms. The van der Waals surface area contributed by atoms with Gasteiger partial charge >= 0.3 is 6.03 Å². The summed E-state index contributed by atoms with van der Waals surface area (Å²) in [4.78, 5) is 41.7. The van der Waals surface area contributed by atoms with Crippen LogP contribution in [0.5, 0.6) is 0 Å². The van der Waals surface area contributed by atoms with Gasteiger partial charge in [0.05, 0.1) is 6.54 Å². The van der Waals surface area contributed by atoms with Crippen LogP contribution in [0.25, 0.3) is 0 Å². The molecule has 1 aliphatic carbocycles. The van der Waals surface area contributed by atoms with Crippen LogP contribution in [-0.4, -0.2) is 46.8 Å². The van der Waals surface area contributed by atoms with E-state index >= 15 is 0 Å². The van der Waals surface area contributed by atoms with Crippen molar-refractivity contribution >= 4 is 29.2 Å². The number of likely N-dealkylation sites (N-methyl/N-ethyl adjacent to an activating group) is 1. The first-order valence-electron chi connectivity index (χ1n) is 8.96. The topological polar surface area (TPSA) is 69.7 Å². The first-order chi connectivity index (χ1) is 13.0. The maximum Gasteiger partial charge on any atom is 0.325 e. The maximum atomic E-state index is 13.1. The third-order valence-electron chi connectivity index (χ3n) is 5.37. The molecular formula is C20H21N3O3S. The number of urea groups is 1. The Morgan fingerprint density at radius 1 is 1.22 bits per heavy atom. The Bertz CT molecular complexity index is 896. The number of hydrogen-bond donors (Lipinski definition) is 1. The van der Waals surface area contributed by atoms with Gasteiger partial charge in [0.1, 0.15) is 12.1 Å². The van der Waals surface area contributed by atoms with E-state index in [-0.39, 0.29) is 18.4 Å². The molecule has 6 nitrogen and oxygen atoms in total. The monoisotopic (exact) mass is 383 g/mol. The van der Waals surface area contributed by atoms with Crippen molar-refractivity contribution in [3.8, 4) is 0 Å². The second-order valence-electron chi connectivity index (χ2n) is 7.18. The lowest BCUT2D eigenvalue weighted by Gasteiger charge is -2.32. The summed E-state index contributed by atoms with van der Waals surface area (Å²) in [5.41, 5.74) is 1.38. The molecule has 140 valence electrons. The second-order valence-corrected chi connectivity index (χ2v) is 8.21. The van der Waals surface area contributed by atoms with Gasteiger partial charge in [-0.05, 0) is 35.4 Å². The molecule has 7 heteroatoms. The number of nitrogens with one attached hydrogen (secondary N) is 1. The van der Waals surface area contributed by atoms with Crippen molar-refractivity contribution in [3.05, 3.63) is 57.8 Å². The largest absolute Gasteiger partial charge is 0.339 e. The molecule has 1 atom stereocenters. The molecule has 4 rings (SSSR count). The molecule has 0 saturated carbocycles. The van der Waals surface area contributed by atoms with Gasteiger partial charge in [0.2, 0.25) is 5.91 Å². The predicted molar refractivity (Wildman–Crippen MR) is 102 cm³/mol. The van der Waals surface area contributed by atoms with Crippen LogP contribution in [0.2, 0.25) is 0 Å². The first kappa shape index (κ1) is 17.7. The molecular weight excluding hydrogens is 362 g/mol. The Hall–Kier alpha value is -2.67. The predicted octanol–water partition coefficient (Wildman–Crippen LogP) is 2.19. The normalized spacial score (nSPS) is 21.3. The van der Waals surface area contributed by atoms with Crippen molar-refractivity contribution in [2.24, 2.45) is 0 Å². The minimum atomic E-state index is -0.919. The third-order valence-corrected chi connectivity index (χ3v) is 6.23. The second kappa shape index (κ2) is 6.81. The lowest BCUT2D eigenvalue weighted by molar-refractivity contribution is -0.138. The summed E-state index contributed by atoms with van der Waals surface area (Å²) < 4.78 is 0. The highest BCUT2D eigenvalue weighted by atomic mass is 32.1. The van der Waals surface area contributed by atoms with E-state index in [1.807, 2.05) is 35.7 Å². The summed E-state index contributed by atoms with van der Waals surface area (Å²) in [6.07, 6.45) is 1.77. The lowest BCUT2D eigenvalue weighted by Crippen LogP contribution is -2.51. The Kier molecular flexibility index (Phi) is 4.47. The van der Waals surface area contributed by atoms with Crippen molar-refractivity contribution in [1.29, 1.82) is 0 Å². The molecule has 2 aliphatic rings. The number of rotatable bonds is 4. The molecule has 1 aromatic carbocycles. The van der Waals surface area contributed by atoms with E-state index in [1.54, 1.807) is 23.3 Å². The van der Waals surface area contributed by atoms with E-state index in [9.17, 15) is 14.4 Å². The zero-order chi connectivity index (χ0) is 19.0. The molecule has 2 aromatic rings. The van der Waals surface area contributed by atoms with Gasteiger partial charge in [-0.1, -0.05) is 30.3 Å². The maximum absolute atomic E-state index is 13.1. The van der Waals surface area contributed by atoms with Crippen molar-refractivity contribution in [2.45, 2.75) is 31.3 Å². The minimum absolute atomic E-state index is 0.226. The van der Waals surface area contributed by atoms with Gasteiger partial charge in [-0.15, -0.1) is 11.3 Å². The number of imide groups is 1. The Morgan fingerprint density at radius 3 is 2.74 bits per heavy atom. The number of carbonyl (C=O) groups is 3. The average Bonchev–Trinajstić information content (AvgIpc) is 3.24. The van der Waals surface area contributed by atoms with Crippen LogP contribution in [0.4, 0.5) is 4.79 Å². The SMILES string of the molecule is CN(Cc1cccs1)C(=O)CN1C(=O)NC2(CCc3ccccc3C2)C1=O. The van der Waals surface area contributed by atoms with Crippen molar-refractivity contribution in [1.82, 2.24) is 15.1 Å². The van der Waals surface area contributed by atoms with Crippen LogP contribution in [0.15, 0.2) is 41.8 Å². The summed E-state index contributed by atoms with van der Waals surface area (Å²) in [6, 6.07) is 11.4. The highest BCUT2D eigenvalue weighted by Crippen LogP contribution is 2.33. The summed E-state index contributed by atoms with van der Waals surface area (Å²) in [6.45, 7) is 0.245. The summed E-state index contributed by atoms with van der Waals surface area (Å²) in [5.74, 6) is -0.542. The van der Waals surface area contributed by atoms with Crippen LogP contribution < -0.4 is 5.32 Å². The van der Waals surface area contributed by atoms with Crippen LogP contribution >= 0.6 is 11.3 Å². The van der Waals surface area contributed by atoms with E-state index in [4.69, 9.17) is 0 Å². The standard InChI is InChI=1S/C20H21N3O3S/c1-22(12-16-7-4-10-27-16)17(24)13-23-18(25)20(21-19(23)26)9-8-14-5-2-3-6-15(14)11-20/h2-7,10H,8-9,11-13H2,1H3,(H,21,26). The molecule has 1 aromatic heterocycles. The van der Waals surface area contributed by atoms with Crippen LogP contribution in [-0.2, 0) is 29.0 Å². The van der Waals surface area contributed by atoms with Crippen LogP contribution in [0.3, 0.4) is 0 Å². The molecule has 1 N–H and O–H groups in total. The van der Waals surface area contributed by atoms with Gasteiger partial charge in [0.15, 0.2) is 0 Å². The molecule has 1 spiro atoms. The van der Waals surface area contributed by atoms with Gasteiger partial charge < -0.3 is 10.2 Å². The zero-order valence-corrected chi connectivity index (χ0v) is 15.9. The van der Waals surface area contributed by atoms with E-state index in [0.717, 1.165) is 21.8 Å². The molecule has 2 heterocycles. The fourth-order valence-corrected chi connectivity index (χ4v) is 4.58. The minimum Gasteiger partial charge on any atom is -0.339 e. The molecule has 27 heavy (non-hydrogen) atoms. The highest BCUT2D eigenvalue weighted by Gasteiger charge is 2.52. The molecule has 1 aliphatic heterocycles. The number of thiophene rings is 1. The number of carbonyl (C=O) groups excluding carboxylic acids is 3. The average molecular weight is 383 g/mol. The number of aryl methyl sites for hydroxylation is 1. The number of nitrogens with zero attached hydrogens (tertiary/aromatic N) is 2. The molecule has 1 fully saturated rings. The van der Waals surface area contributed by atoms with Crippen molar-refractivity contribution in [2.75, 3.05) is 13.6 Å². The van der Waals surface area contributed by atoms with E-state index in [1.165, 1.54) is 5.56 Å². The van der Waals surface area contributed by atoms with Gasteiger partial charge in [0, 0.05) is 18.3 Å². The summed E-state index contributed by atoms with van der Waals surface area (Å²) in [7, 11) is 1.69. The van der Waals surface area contributed by atoms with E-state index in [2.05, 4.69) is 11.4 Å². The Morgan fingerprint density at radius 2 is 2.00 bits per heavy atom. The van der Waals surface area contributed by atoms with Crippen LogP contribution in [0.1, 0.15) is 22.4 Å². The Balaban J connectivity index is 1.46. The highest BCUT2D eigenvalue weighted by molar-refractivity contribution is 7.09. The van der Waals surface area contributed by atoms with Gasteiger partial charge in [-0.3, -0.25) is 14.5 Å². The van der Waals surface area contributed by atoms with Gasteiger partial charge in [0.25, 0.3) is 5.91 Å². The molecule has 4 amide bonds. The van der Waals surface area contributed by atoms with Crippen molar-refractivity contribution in [3.63, 3.8) is 0 Å². The van der Waals surface area contributed by atoms with Gasteiger partial charge in [-0.25, -0.2) is 4.79 Å². The zero-order valence-electron chi connectivity index (χ0n) is 15.1. The van der Waals surface area contributed by atoms with E-state index < -0.39 is 11.6 Å². The smallest absolute Gasteiger partial charge is 0.325 e. The first-order valence-corrected chi connectivity index (χ1v) is 9.84. The third kappa shape index (κ3) is 3.23. The summed E-state index contributed by atoms with van der Waals surface area (Å²) in [5, 5.41) is 4.82. The summed E-state index contributed by atoms with van der Waals surface area (Å²) >= 11 is 1.57. The molecule has 0 radical (unpaired) electrons. The quantitative estimate of drug-likeness (QED) is 0.823. The van der Waals surface area contributed by atoms with Crippen molar-refractivity contribution < 1.29 is 14.4 Å². The fourth-order valence-electron chi connectivity index (χ4n) is 3.82. The fraction of sp³-hybridized carbons (Fsp3) is 0.350. The number of hydrogen-bond acceptors (Lipinski definition) is 4. The molecule has 1 saturated heterocycles. The van der Waals surface area contributed by atoms with Crippen LogP contribution in [0, 0.1) is 0 Å². The van der Waals surface area contributed by atoms with E-state index in [0.29, 0.717) is 19.4 Å². The number of benzene rings is 1. The lowest BCUT2D eigenvalue weighted by atomic mass is 9.78.